The molecule has 0 atom stereocenters. The molecule has 0 unspecified atom stereocenters. The van der Waals surface area contributed by atoms with Gasteiger partial charge in [0.15, 0.2) is 0 Å². The van der Waals surface area contributed by atoms with Gasteiger partial charge < -0.3 is 9.80 Å². The Hall–Kier alpha value is -2.73. The molecule has 0 amide bonds. The summed E-state index contributed by atoms with van der Waals surface area (Å²) in [6, 6.07) is 10.6. The maximum atomic E-state index is 13.4. The van der Waals surface area contributed by atoms with E-state index in [0.29, 0.717) is 0 Å². The quantitative estimate of drug-likeness (QED) is 0.705. The molecule has 0 spiro atoms. The molecule has 1 saturated heterocycles. The summed E-state index contributed by atoms with van der Waals surface area (Å²) in [5.41, 5.74) is 2.64. The van der Waals surface area contributed by atoms with Crippen LogP contribution in [0.1, 0.15) is 0 Å². The number of aromatic nitrogens is 3. The van der Waals surface area contributed by atoms with Crippen LogP contribution in [0.15, 0.2) is 55.1 Å². The number of pyridine rings is 1. The molecule has 1 aromatic carbocycles. The van der Waals surface area contributed by atoms with E-state index in [1.807, 2.05) is 18.3 Å². The standard InChI is InChI=1S/C19H17ClFN5/c20-16-10-14(3-4-17(16)21)18-11-19(24-13-23-18)26-8-6-25(7-9-26)15-2-1-5-22-12-15/h1-5,10-13H,6-9H2. The third-order valence-electron chi connectivity index (χ3n) is 4.48. The zero-order chi connectivity index (χ0) is 17.9. The fourth-order valence-corrected chi connectivity index (χ4v) is 3.25. The molecule has 0 radical (unpaired) electrons. The van der Waals surface area contributed by atoms with E-state index < -0.39 is 5.82 Å². The van der Waals surface area contributed by atoms with Crippen LogP contribution in [0.4, 0.5) is 15.9 Å². The predicted octanol–water partition coefficient (Wildman–Crippen LogP) is 3.66. The number of anilines is 2. The largest absolute Gasteiger partial charge is 0.367 e. The van der Waals surface area contributed by atoms with E-state index in [1.54, 1.807) is 18.3 Å². The highest BCUT2D eigenvalue weighted by atomic mass is 35.5. The van der Waals surface area contributed by atoms with Gasteiger partial charge in [-0.25, -0.2) is 14.4 Å². The van der Waals surface area contributed by atoms with Gasteiger partial charge >= 0.3 is 0 Å². The van der Waals surface area contributed by atoms with Crippen molar-refractivity contribution in [2.75, 3.05) is 36.0 Å². The van der Waals surface area contributed by atoms with E-state index >= 15 is 0 Å². The zero-order valence-electron chi connectivity index (χ0n) is 14.0. The Balaban J connectivity index is 1.50. The van der Waals surface area contributed by atoms with Crippen LogP contribution in [-0.4, -0.2) is 41.1 Å². The minimum absolute atomic E-state index is 0.0905. The number of benzene rings is 1. The van der Waals surface area contributed by atoms with Crippen LogP contribution in [0.25, 0.3) is 11.3 Å². The Labute approximate surface area is 156 Å². The number of hydrogen-bond donors (Lipinski definition) is 0. The molecule has 3 aromatic rings. The highest BCUT2D eigenvalue weighted by Crippen LogP contribution is 2.26. The molecule has 5 nitrogen and oxygen atoms in total. The highest BCUT2D eigenvalue weighted by Gasteiger charge is 2.19. The van der Waals surface area contributed by atoms with Gasteiger partial charge in [-0.05, 0) is 30.3 Å². The van der Waals surface area contributed by atoms with E-state index in [9.17, 15) is 4.39 Å². The van der Waals surface area contributed by atoms with Crippen LogP contribution >= 0.6 is 11.6 Å². The lowest BCUT2D eigenvalue weighted by atomic mass is 10.1. The van der Waals surface area contributed by atoms with Gasteiger partial charge in [0.05, 0.1) is 22.6 Å². The average molecular weight is 370 g/mol. The molecule has 1 aliphatic rings. The Morgan fingerprint density at radius 1 is 0.962 bits per heavy atom. The van der Waals surface area contributed by atoms with Gasteiger partial charge in [0.2, 0.25) is 0 Å². The molecule has 1 fully saturated rings. The summed E-state index contributed by atoms with van der Waals surface area (Å²) < 4.78 is 13.4. The Morgan fingerprint density at radius 2 is 1.77 bits per heavy atom. The molecule has 0 aliphatic carbocycles. The minimum atomic E-state index is -0.434. The van der Waals surface area contributed by atoms with Gasteiger partial charge in [-0.15, -0.1) is 0 Å². The topological polar surface area (TPSA) is 45.2 Å². The number of hydrogen-bond acceptors (Lipinski definition) is 5. The van der Waals surface area contributed by atoms with Gasteiger partial charge in [0, 0.05) is 44.0 Å². The normalized spacial score (nSPS) is 14.5. The van der Waals surface area contributed by atoms with E-state index in [4.69, 9.17) is 11.6 Å². The third kappa shape index (κ3) is 3.46. The first-order valence-corrected chi connectivity index (χ1v) is 8.76. The van der Waals surface area contributed by atoms with E-state index in [-0.39, 0.29) is 5.02 Å². The van der Waals surface area contributed by atoms with Gasteiger partial charge in [-0.3, -0.25) is 4.98 Å². The maximum Gasteiger partial charge on any atom is 0.141 e. The molecule has 7 heteroatoms. The van der Waals surface area contributed by atoms with Crippen molar-refractivity contribution < 1.29 is 4.39 Å². The first-order chi connectivity index (χ1) is 12.7. The van der Waals surface area contributed by atoms with Crippen molar-refractivity contribution in [1.29, 1.82) is 0 Å². The van der Waals surface area contributed by atoms with Gasteiger partial charge in [-0.2, -0.15) is 0 Å². The molecule has 1 aliphatic heterocycles. The third-order valence-corrected chi connectivity index (χ3v) is 4.77. The molecular weight excluding hydrogens is 353 g/mol. The zero-order valence-corrected chi connectivity index (χ0v) is 14.8. The molecule has 4 rings (SSSR count). The summed E-state index contributed by atoms with van der Waals surface area (Å²) in [7, 11) is 0. The van der Waals surface area contributed by atoms with E-state index in [1.165, 1.54) is 12.4 Å². The fourth-order valence-electron chi connectivity index (χ4n) is 3.07. The summed E-state index contributed by atoms with van der Waals surface area (Å²) in [5.74, 6) is 0.428. The van der Waals surface area contributed by atoms with Gasteiger partial charge in [-0.1, -0.05) is 11.6 Å². The molecule has 2 aromatic heterocycles. The monoisotopic (exact) mass is 369 g/mol. The average Bonchev–Trinajstić information content (AvgIpc) is 2.71. The van der Waals surface area contributed by atoms with Crippen molar-refractivity contribution in [3.05, 3.63) is 66.0 Å². The molecule has 0 bridgehead atoms. The molecule has 26 heavy (non-hydrogen) atoms. The molecule has 132 valence electrons. The summed E-state index contributed by atoms with van der Waals surface area (Å²) in [4.78, 5) is 17.4. The van der Waals surface area contributed by atoms with Crippen molar-refractivity contribution in [2.24, 2.45) is 0 Å². The van der Waals surface area contributed by atoms with Crippen LogP contribution < -0.4 is 9.80 Å². The Kier molecular flexibility index (Phi) is 4.67. The summed E-state index contributed by atoms with van der Waals surface area (Å²) in [6.45, 7) is 3.51. The first-order valence-electron chi connectivity index (χ1n) is 8.38. The number of piperazine rings is 1. The fraction of sp³-hybridized carbons (Fsp3) is 0.211. The maximum absolute atomic E-state index is 13.4. The van der Waals surface area contributed by atoms with Gasteiger partial charge in [0.1, 0.15) is 18.0 Å². The van der Waals surface area contributed by atoms with Crippen LogP contribution in [0, 0.1) is 5.82 Å². The van der Waals surface area contributed by atoms with Crippen molar-refractivity contribution in [3.8, 4) is 11.3 Å². The lowest BCUT2D eigenvalue weighted by Gasteiger charge is -2.36. The minimum Gasteiger partial charge on any atom is -0.367 e. The number of nitrogens with zero attached hydrogens (tertiary/aromatic N) is 5. The highest BCUT2D eigenvalue weighted by molar-refractivity contribution is 6.31. The first kappa shape index (κ1) is 16.7. The SMILES string of the molecule is Fc1ccc(-c2cc(N3CCN(c4cccnc4)CC3)ncn2)cc1Cl. The van der Waals surface area contributed by atoms with Crippen molar-refractivity contribution in [2.45, 2.75) is 0 Å². The lowest BCUT2D eigenvalue weighted by molar-refractivity contribution is 0.628. The molecular formula is C19H17ClFN5. The van der Waals surface area contributed by atoms with E-state index in [2.05, 4.69) is 30.8 Å². The lowest BCUT2D eigenvalue weighted by Crippen LogP contribution is -2.46. The Morgan fingerprint density at radius 3 is 2.50 bits per heavy atom. The van der Waals surface area contributed by atoms with Gasteiger partial charge in [0.25, 0.3) is 0 Å². The number of rotatable bonds is 3. The smallest absolute Gasteiger partial charge is 0.141 e. The second kappa shape index (κ2) is 7.25. The van der Waals surface area contributed by atoms with Crippen LogP contribution in [-0.2, 0) is 0 Å². The van der Waals surface area contributed by atoms with E-state index in [0.717, 1.165) is 48.9 Å². The van der Waals surface area contributed by atoms with Crippen molar-refractivity contribution >= 4 is 23.1 Å². The Bertz CT molecular complexity index is 897. The molecule has 0 saturated carbocycles. The molecule has 0 N–H and O–H groups in total. The molecule has 3 heterocycles. The number of halogens is 2. The van der Waals surface area contributed by atoms with Crippen molar-refractivity contribution in [1.82, 2.24) is 15.0 Å². The summed E-state index contributed by atoms with van der Waals surface area (Å²) in [6.07, 6.45) is 5.20. The van der Waals surface area contributed by atoms with Crippen LogP contribution in [0.2, 0.25) is 5.02 Å². The second-order valence-corrected chi connectivity index (χ2v) is 6.48. The second-order valence-electron chi connectivity index (χ2n) is 6.08. The summed E-state index contributed by atoms with van der Waals surface area (Å²) in [5, 5.41) is 0.0905. The predicted molar refractivity (Wildman–Crippen MR) is 101 cm³/mol. The summed E-state index contributed by atoms with van der Waals surface area (Å²) >= 11 is 5.89. The van der Waals surface area contributed by atoms with Crippen LogP contribution in [0.3, 0.4) is 0 Å². The van der Waals surface area contributed by atoms with Crippen molar-refractivity contribution in [3.63, 3.8) is 0 Å². The van der Waals surface area contributed by atoms with Crippen LogP contribution in [0.5, 0.6) is 0 Å².